The van der Waals surface area contributed by atoms with Crippen molar-refractivity contribution < 1.29 is 4.74 Å². The van der Waals surface area contributed by atoms with Gasteiger partial charge in [0.2, 0.25) is 0 Å². The number of hydrogen-bond acceptors (Lipinski definition) is 3. The first kappa shape index (κ1) is 9.62. The molecule has 76 valence electrons. The third kappa shape index (κ3) is 2.11. The van der Waals surface area contributed by atoms with Crippen LogP contribution in [0.4, 0.5) is 0 Å². The normalized spacial score (nSPS) is 22.2. The molecule has 1 atom stereocenters. The van der Waals surface area contributed by atoms with Gasteiger partial charge in [-0.2, -0.15) is 0 Å². The van der Waals surface area contributed by atoms with Crippen LogP contribution in [0, 0.1) is 0 Å². The quantitative estimate of drug-likeness (QED) is 0.771. The van der Waals surface area contributed by atoms with E-state index in [1.807, 2.05) is 6.20 Å². The van der Waals surface area contributed by atoms with Crippen LogP contribution in [0.1, 0.15) is 30.0 Å². The predicted octanol–water partition coefficient (Wildman–Crippen LogP) is 1.43. The van der Waals surface area contributed by atoms with Crippen molar-refractivity contribution in [2.75, 3.05) is 13.2 Å². The third-order valence-electron chi connectivity index (χ3n) is 2.66. The Bertz CT molecular complexity index is 278. The summed E-state index contributed by atoms with van der Waals surface area (Å²) in [6, 6.07) is 4.12. The van der Waals surface area contributed by atoms with E-state index in [0.29, 0.717) is 12.5 Å². The van der Waals surface area contributed by atoms with Crippen molar-refractivity contribution in [1.82, 2.24) is 4.98 Å². The molecule has 1 aliphatic heterocycles. The Morgan fingerprint density at radius 3 is 3.00 bits per heavy atom. The Balaban J connectivity index is 2.07. The molecule has 0 radical (unpaired) electrons. The molecule has 1 unspecified atom stereocenters. The van der Waals surface area contributed by atoms with Crippen LogP contribution < -0.4 is 5.73 Å². The number of nitrogens with two attached hydrogens (primary N) is 1. The molecule has 1 aromatic rings. The van der Waals surface area contributed by atoms with Crippen molar-refractivity contribution >= 4 is 0 Å². The van der Waals surface area contributed by atoms with Gasteiger partial charge in [0.15, 0.2) is 0 Å². The molecule has 0 bridgehead atoms. The van der Waals surface area contributed by atoms with Crippen LogP contribution >= 0.6 is 0 Å². The summed E-state index contributed by atoms with van der Waals surface area (Å²) in [7, 11) is 0. The average Bonchev–Trinajstić information content (AvgIpc) is 2.30. The predicted molar refractivity (Wildman–Crippen MR) is 54.9 cm³/mol. The van der Waals surface area contributed by atoms with Crippen molar-refractivity contribution in [2.24, 2.45) is 5.73 Å². The molecular weight excluding hydrogens is 176 g/mol. The van der Waals surface area contributed by atoms with E-state index in [0.717, 1.165) is 30.9 Å². The second-order valence-corrected chi connectivity index (χ2v) is 3.71. The van der Waals surface area contributed by atoms with Crippen molar-refractivity contribution in [2.45, 2.75) is 25.3 Å². The highest BCUT2D eigenvalue weighted by Crippen LogP contribution is 2.23. The molecule has 0 aliphatic carbocycles. The molecule has 1 saturated heterocycles. The van der Waals surface area contributed by atoms with E-state index in [1.165, 1.54) is 6.42 Å². The highest BCUT2D eigenvalue weighted by atomic mass is 16.5. The van der Waals surface area contributed by atoms with E-state index < -0.39 is 0 Å². The first-order valence-corrected chi connectivity index (χ1v) is 5.13. The van der Waals surface area contributed by atoms with E-state index in [2.05, 4.69) is 17.1 Å². The lowest BCUT2D eigenvalue weighted by Crippen LogP contribution is -2.16. The summed E-state index contributed by atoms with van der Waals surface area (Å²) in [5, 5.41) is 0. The van der Waals surface area contributed by atoms with Crippen molar-refractivity contribution in [1.29, 1.82) is 0 Å². The molecule has 3 heteroatoms. The fourth-order valence-electron chi connectivity index (χ4n) is 1.77. The Morgan fingerprint density at radius 2 is 2.43 bits per heavy atom. The van der Waals surface area contributed by atoms with Gasteiger partial charge in [0.25, 0.3) is 0 Å². The van der Waals surface area contributed by atoms with Gasteiger partial charge in [-0.05, 0) is 24.5 Å². The summed E-state index contributed by atoms with van der Waals surface area (Å²) in [6.07, 6.45) is 4.20. The summed E-state index contributed by atoms with van der Waals surface area (Å²) in [5.74, 6) is 0.482. The average molecular weight is 192 g/mol. The molecule has 2 rings (SSSR count). The van der Waals surface area contributed by atoms with E-state index in [4.69, 9.17) is 10.5 Å². The van der Waals surface area contributed by atoms with Gasteiger partial charge in [0.1, 0.15) is 0 Å². The zero-order valence-electron chi connectivity index (χ0n) is 8.28. The number of nitrogens with zero attached hydrogens (tertiary/aromatic N) is 1. The molecule has 14 heavy (non-hydrogen) atoms. The Kier molecular flexibility index (Phi) is 3.11. The SMILES string of the molecule is NCc1ccc(C2CCCOC2)nc1. The highest BCUT2D eigenvalue weighted by molar-refractivity contribution is 5.17. The Hall–Kier alpha value is -0.930. The molecule has 1 aliphatic rings. The van der Waals surface area contributed by atoms with Crippen LogP contribution in [-0.2, 0) is 11.3 Å². The van der Waals surface area contributed by atoms with Crippen molar-refractivity contribution in [3.05, 3.63) is 29.6 Å². The topological polar surface area (TPSA) is 48.1 Å². The van der Waals surface area contributed by atoms with Crippen LogP contribution in [0.3, 0.4) is 0 Å². The first-order chi connectivity index (χ1) is 6.90. The molecule has 3 nitrogen and oxygen atoms in total. The van der Waals surface area contributed by atoms with E-state index in [9.17, 15) is 0 Å². The molecule has 2 heterocycles. The zero-order valence-corrected chi connectivity index (χ0v) is 8.28. The highest BCUT2D eigenvalue weighted by Gasteiger charge is 2.16. The molecular formula is C11H16N2O. The first-order valence-electron chi connectivity index (χ1n) is 5.13. The fourth-order valence-corrected chi connectivity index (χ4v) is 1.77. The van der Waals surface area contributed by atoms with Gasteiger partial charge < -0.3 is 10.5 Å². The lowest BCUT2D eigenvalue weighted by Gasteiger charge is -2.21. The number of ether oxygens (including phenoxy) is 1. The second-order valence-electron chi connectivity index (χ2n) is 3.71. The van der Waals surface area contributed by atoms with Gasteiger partial charge in [-0.25, -0.2) is 0 Å². The van der Waals surface area contributed by atoms with Gasteiger partial charge in [-0.1, -0.05) is 6.07 Å². The maximum absolute atomic E-state index is 5.51. The van der Waals surface area contributed by atoms with Crippen LogP contribution in [0.25, 0.3) is 0 Å². The largest absolute Gasteiger partial charge is 0.381 e. The van der Waals surface area contributed by atoms with E-state index in [1.54, 1.807) is 0 Å². The Morgan fingerprint density at radius 1 is 1.50 bits per heavy atom. The molecule has 0 saturated carbocycles. The number of hydrogen-bond donors (Lipinski definition) is 1. The molecule has 0 spiro atoms. The standard InChI is InChI=1S/C11H16N2O/c12-6-9-3-4-11(13-7-9)10-2-1-5-14-8-10/h3-4,7,10H,1-2,5-6,8,12H2. The Labute approximate surface area is 84.3 Å². The van der Waals surface area contributed by atoms with Crippen LogP contribution in [0.15, 0.2) is 18.3 Å². The zero-order chi connectivity index (χ0) is 9.80. The molecule has 1 fully saturated rings. The van der Waals surface area contributed by atoms with Gasteiger partial charge in [0.05, 0.1) is 6.61 Å². The van der Waals surface area contributed by atoms with Gasteiger partial charge >= 0.3 is 0 Å². The van der Waals surface area contributed by atoms with Gasteiger partial charge in [0, 0.05) is 31.0 Å². The summed E-state index contributed by atoms with van der Waals surface area (Å²) in [6.45, 7) is 2.28. The van der Waals surface area contributed by atoms with Gasteiger partial charge in [-0.15, -0.1) is 0 Å². The maximum Gasteiger partial charge on any atom is 0.0549 e. The molecule has 1 aromatic heterocycles. The van der Waals surface area contributed by atoms with Crippen molar-refractivity contribution in [3.63, 3.8) is 0 Å². The minimum absolute atomic E-state index is 0.482. The lowest BCUT2D eigenvalue weighted by molar-refractivity contribution is 0.0793. The second kappa shape index (κ2) is 4.53. The number of pyridine rings is 1. The summed E-state index contributed by atoms with van der Waals surface area (Å²) in [4.78, 5) is 4.41. The fraction of sp³-hybridized carbons (Fsp3) is 0.545. The van der Waals surface area contributed by atoms with Crippen LogP contribution in [0.5, 0.6) is 0 Å². The molecule has 0 amide bonds. The minimum Gasteiger partial charge on any atom is -0.381 e. The number of rotatable bonds is 2. The molecule has 0 aromatic carbocycles. The summed E-state index contributed by atoms with van der Waals surface area (Å²) in [5.41, 5.74) is 7.74. The minimum atomic E-state index is 0.482. The van der Waals surface area contributed by atoms with E-state index in [-0.39, 0.29) is 0 Å². The summed E-state index contributed by atoms with van der Waals surface area (Å²) >= 11 is 0. The van der Waals surface area contributed by atoms with Crippen molar-refractivity contribution in [3.8, 4) is 0 Å². The third-order valence-corrected chi connectivity index (χ3v) is 2.66. The smallest absolute Gasteiger partial charge is 0.0549 e. The van der Waals surface area contributed by atoms with Crippen LogP contribution in [0.2, 0.25) is 0 Å². The van der Waals surface area contributed by atoms with E-state index >= 15 is 0 Å². The van der Waals surface area contributed by atoms with Gasteiger partial charge in [-0.3, -0.25) is 4.98 Å². The van der Waals surface area contributed by atoms with Crippen LogP contribution in [-0.4, -0.2) is 18.2 Å². The number of aromatic nitrogens is 1. The maximum atomic E-state index is 5.51. The monoisotopic (exact) mass is 192 g/mol. The summed E-state index contributed by atoms with van der Waals surface area (Å²) < 4.78 is 5.43. The lowest BCUT2D eigenvalue weighted by atomic mass is 9.98. The molecule has 2 N–H and O–H groups in total.